The van der Waals surface area contributed by atoms with Crippen molar-refractivity contribution in [2.75, 3.05) is 32.8 Å². The number of nitrogens with one attached hydrogen (secondary N) is 1. The summed E-state index contributed by atoms with van der Waals surface area (Å²) in [6.45, 7) is 9.18. The van der Waals surface area contributed by atoms with Gasteiger partial charge in [0.05, 0.1) is 6.61 Å². The highest BCUT2D eigenvalue weighted by molar-refractivity contribution is 4.79. The average Bonchev–Trinajstić information content (AvgIpc) is 2.54. The largest absolute Gasteiger partial charge is 0.395 e. The second-order valence-corrected chi connectivity index (χ2v) is 4.47. The van der Waals surface area contributed by atoms with Crippen molar-refractivity contribution in [3.63, 3.8) is 0 Å². The van der Waals surface area contributed by atoms with Crippen molar-refractivity contribution in [3.05, 3.63) is 0 Å². The highest BCUT2D eigenvalue weighted by Gasteiger charge is 2.24. The zero-order valence-corrected chi connectivity index (χ0v) is 10.2. The summed E-state index contributed by atoms with van der Waals surface area (Å²) >= 11 is 0. The molecule has 0 aromatic rings. The van der Waals surface area contributed by atoms with Crippen molar-refractivity contribution in [2.45, 2.75) is 39.2 Å². The van der Waals surface area contributed by atoms with Crippen LogP contribution >= 0.6 is 0 Å². The Morgan fingerprint density at radius 2 is 1.93 bits per heavy atom. The molecule has 0 aromatic heterocycles. The average molecular weight is 214 g/mol. The van der Waals surface area contributed by atoms with Crippen molar-refractivity contribution in [2.24, 2.45) is 5.92 Å². The molecule has 0 bridgehead atoms. The molecule has 1 saturated heterocycles. The van der Waals surface area contributed by atoms with E-state index in [1.807, 2.05) is 0 Å². The van der Waals surface area contributed by atoms with Gasteiger partial charge in [-0.2, -0.15) is 0 Å². The van der Waals surface area contributed by atoms with Crippen LogP contribution in [0.15, 0.2) is 0 Å². The van der Waals surface area contributed by atoms with Gasteiger partial charge in [0.2, 0.25) is 0 Å². The van der Waals surface area contributed by atoms with Gasteiger partial charge < -0.3 is 10.4 Å². The smallest absolute Gasteiger partial charge is 0.0589 e. The first kappa shape index (κ1) is 12.9. The summed E-state index contributed by atoms with van der Waals surface area (Å²) in [5.74, 6) is 0.646. The van der Waals surface area contributed by atoms with E-state index in [1.54, 1.807) is 0 Å². The van der Waals surface area contributed by atoms with Crippen LogP contribution in [-0.4, -0.2) is 48.8 Å². The van der Waals surface area contributed by atoms with E-state index < -0.39 is 0 Å². The normalized spacial score (nSPS) is 21.6. The summed E-state index contributed by atoms with van der Waals surface area (Å²) in [5.41, 5.74) is 0. The van der Waals surface area contributed by atoms with Crippen molar-refractivity contribution < 1.29 is 5.11 Å². The summed E-state index contributed by atoms with van der Waals surface area (Å²) in [5, 5.41) is 12.9. The van der Waals surface area contributed by atoms with Gasteiger partial charge in [-0.3, -0.25) is 4.90 Å². The summed E-state index contributed by atoms with van der Waals surface area (Å²) < 4.78 is 0. The lowest BCUT2D eigenvalue weighted by Crippen LogP contribution is -2.44. The molecule has 1 fully saturated rings. The molecule has 90 valence electrons. The molecule has 1 heterocycles. The van der Waals surface area contributed by atoms with Crippen LogP contribution in [0.3, 0.4) is 0 Å². The maximum absolute atomic E-state index is 9.54. The molecule has 0 aromatic carbocycles. The molecule has 1 aliphatic rings. The molecule has 1 aliphatic heterocycles. The minimum Gasteiger partial charge on any atom is -0.395 e. The van der Waals surface area contributed by atoms with E-state index in [-0.39, 0.29) is 0 Å². The molecule has 0 spiro atoms. The van der Waals surface area contributed by atoms with Crippen molar-refractivity contribution >= 4 is 0 Å². The van der Waals surface area contributed by atoms with Crippen LogP contribution in [0, 0.1) is 5.92 Å². The quantitative estimate of drug-likeness (QED) is 0.719. The summed E-state index contributed by atoms with van der Waals surface area (Å²) in [4.78, 5) is 2.47. The van der Waals surface area contributed by atoms with Crippen molar-refractivity contribution in [1.29, 1.82) is 0 Å². The second-order valence-electron chi connectivity index (χ2n) is 4.47. The summed E-state index contributed by atoms with van der Waals surface area (Å²) in [6, 6.07) is 0.375. The number of rotatable bonds is 5. The van der Waals surface area contributed by atoms with Crippen molar-refractivity contribution in [1.82, 2.24) is 10.2 Å². The van der Waals surface area contributed by atoms with E-state index in [2.05, 4.69) is 24.1 Å². The third-order valence-electron chi connectivity index (χ3n) is 3.62. The molecule has 0 saturated carbocycles. The van der Waals surface area contributed by atoms with Crippen LogP contribution in [0.4, 0.5) is 0 Å². The maximum Gasteiger partial charge on any atom is 0.0589 e. The standard InChI is InChI=1S/C12H26N2O/c1-3-11(4-2)12(10-15)14-8-5-6-13-7-9-14/h11-13,15H,3-10H2,1-2H3. The first-order valence-corrected chi connectivity index (χ1v) is 6.39. The van der Waals surface area contributed by atoms with E-state index in [4.69, 9.17) is 0 Å². The summed E-state index contributed by atoms with van der Waals surface area (Å²) in [7, 11) is 0. The van der Waals surface area contributed by atoms with Gasteiger partial charge in [-0.1, -0.05) is 26.7 Å². The highest BCUT2D eigenvalue weighted by atomic mass is 16.3. The van der Waals surface area contributed by atoms with E-state index >= 15 is 0 Å². The fraction of sp³-hybridized carbons (Fsp3) is 1.00. The Balaban J connectivity index is 2.53. The highest BCUT2D eigenvalue weighted by Crippen LogP contribution is 2.19. The molecule has 0 amide bonds. The van der Waals surface area contributed by atoms with Crippen LogP contribution in [0.2, 0.25) is 0 Å². The topological polar surface area (TPSA) is 35.5 Å². The van der Waals surface area contributed by atoms with Gasteiger partial charge in [-0.25, -0.2) is 0 Å². The minimum absolute atomic E-state index is 0.312. The lowest BCUT2D eigenvalue weighted by molar-refractivity contribution is 0.0812. The van der Waals surface area contributed by atoms with Gasteiger partial charge in [0, 0.05) is 19.1 Å². The third-order valence-corrected chi connectivity index (χ3v) is 3.62. The van der Waals surface area contributed by atoms with Crippen LogP contribution in [0.5, 0.6) is 0 Å². The van der Waals surface area contributed by atoms with E-state index in [1.165, 1.54) is 19.3 Å². The van der Waals surface area contributed by atoms with E-state index in [9.17, 15) is 5.11 Å². The van der Waals surface area contributed by atoms with E-state index in [0.717, 1.165) is 26.2 Å². The number of aliphatic hydroxyl groups is 1. The van der Waals surface area contributed by atoms with E-state index in [0.29, 0.717) is 18.6 Å². The van der Waals surface area contributed by atoms with Crippen LogP contribution in [0.25, 0.3) is 0 Å². The molecule has 2 N–H and O–H groups in total. The Kier molecular flexibility index (Phi) is 6.22. The van der Waals surface area contributed by atoms with Crippen LogP contribution in [-0.2, 0) is 0 Å². The fourth-order valence-corrected chi connectivity index (χ4v) is 2.59. The van der Waals surface area contributed by atoms with Gasteiger partial charge in [0.25, 0.3) is 0 Å². The first-order valence-electron chi connectivity index (χ1n) is 6.39. The minimum atomic E-state index is 0.312. The zero-order valence-electron chi connectivity index (χ0n) is 10.2. The van der Waals surface area contributed by atoms with Crippen molar-refractivity contribution in [3.8, 4) is 0 Å². The number of aliphatic hydroxyl groups excluding tert-OH is 1. The predicted octanol–water partition coefficient (Wildman–Crippen LogP) is 1.08. The number of nitrogens with zero attached hydrogens (tertiary/aromatic N) is 1. The lowest BCUT2D eigenvalue weighted by Gasteiger charge is -2.34. The Labute approximate surface area is 93.9 Å². The maximum atomic E-state index is 9.54. The van der Waals surface area contributed by atoms with Crippen LogP contribution < -0.4 is 5.32 Å². The van der Waals surface area contributed by atoms with Gasteiger partial charge in [0.15, 0.2) is 0 Å². The molecule has 0 radical (unpaired) electrons. The fourth-order valence-electron chi connectivity index (χ4n) is 2.59. The zero-order chi connectivity index (χ0) is 11.1. The predicted molar refractivity (Wildman–Crippen MR) is 64.0 cm³/mol. The molecule has 3 heteroatoms. The molecule has 1 unspecified atom stereocenters. The lowest BCUT2D eigenvalue weighted by atomic mass is 9.93. The molecule has 1 atom stereocenters. The molecular weight excluding hydrogens is 188 g/mol. The molecule has 0 aliphatic carbocycles. The number of hydrogen-bond acceptors (Lipinski definition) is 3. The first-order chi connectivity index (χ1) is 7.33. The second kappa shape index (κ2) is 7.20. The van der Waals surface area contributed by atoms with Gasteiger partial charge >= 0.3 is 0 Å². The van der Waals surface area contributed by atoms with Gasteiger partial charge in [-0.05, 0) is 25.4 Å². The SMILES string of the molecule is CCC(CC)C(CO)N1CCCNCC1. The molecule has 1 rings (SSSR count). The Hall–Kier alpha value is -0.120. The Morgan fingerprint density at radius 3 is 2.53 bits per heavy atom. The molecule has 15 heavy (non-hydrogen) atoms. The number of hydrogen-bond donors (Lipinski definition) is 2. The monoisotopic (exact) mass is 214 g/mol. The Bertz CT molecular complexity index is 152. The summed E-state index contributed by atoms with van der Waals surface area (Å²) in [6.07, 6.45) is 3.55. The van der Waals surface area contributed by atoms with Gasteiger partial charge in [-0.15, -0.1) is 0 Å². The Morgan fingerprint density at radius 1 is 1.20 bits per heavy atom. The van der Waals surface area contributed by atoms with Gasteiger partial charge in [0.1, 0.15) is 0 Å². The molecular formula is C12H26N2O. The molecule has 3 nitrogen and oxygen atoms in total. The van der Waals surface area contributed by atoms with Crippen LogP contribution in [0.1, 0.15) is 33.1 Å². The third kappa shape index (κ3) is 3.74.